The second-order valence-electron chi connectivity index (χ2n) is 6.23. The Kier molecular flexibility index (Phi) is 6.82. The van der Waals surface area contributed by atoms with Gasteiger partial charge in [-0.15, -0.1) is 0 Å². The lowest BCUT2D eigenvalue weighted by Gasteiger charge is -2.13. The fraction of sp³-hybridized carbons (Fsp3) is 0.333. The number of carbonyl (C=O) groups is 1. The molecule has 1 heterocycles. The molecule has 1 saturated heterocycles. The number of guanidine groups is 1. The second kappa shape index (κ2) is 9.73. The lowest BCUT2D eigenvalue weighted by Crippen LogP contribution is -2.36. The molecule has 27 heavy (non-hydrogen) atoms. The standard InChI is InChI=1S/C21H25N3O3/c1-2-26-18-12-10-16(11-13-18)20(25)24-21(22-15-19-9-6-14-27-19)23-17-7-4-3-5-8-17/h3-5,7-8,10-13,19H,2,6,9,14-15H2,1H3,(H2,22,23,24,25). The van der Waals surface area contributed by atoms with Gasteiger partial charge in [-0.05, 0) is 56.2 Å². The van der Waals surface area contributed by atoms with Crippen molar-refractivity contribution in [1.82, 2.24) is 5.32 Å². The van der Waals surface area contributed by atoms with Crippen molar-refractivity contribution in [2.24, 2.45) is 4.99 Å². The van der Waals surface area contributed by atoms with E-state index in [0.29, 0.717) is 24.7 Å². The smallest absolute Gasteiger partial charge is 0.257 e. The molecular weight excluding hydrogens is 342 g/mol. The molecule has 0 aliphatic carbocycles. The predicted octanol–water partition coefficient (Wildman–Crippen LogP) is 3.46. The number of ether oxygens (including phenoxy) is 2. The number of rotatable bonds is 6. The number of hydrogen-bond acceptors (Lipinski definition) is 4. The van der Waals surface area contributed by atoms with Crippen LogP contribution < -0.4 is 15.4 Å². The van der Waals surface area contributed by atoms with Gasteiger partial charge < -0.3 is 14.8 Å². The quantitative estimate of drug-likeness (QED) is 0.606. The van der Waals surface area contributed by atoms with Crippen molar-refractivity contribution < 1.29 is 14.3 Å². The second-order valence-corrected chi connectivity index (χ2v) is 6.23. The third-order valence-corrected chi connectivity index (χ3v) is 4.17. The van der Waals surface area contributed by atoms with E-state index in [2.05, 4.69) is 15.6 Å². The molecule has 0 saturated carbocycles. The summed E-state index contributed by atoms with van der Waals surface area (Å²) in [6.45, 7) is 3.80. The molecule has 1 atom stereocenters. The molecule has 0 radical (unpaired) electrons. The van der Waals surface area contributed by atoms with Gasteiger partial charge in [0.05, 0.1) is 19.3 Å². The lowest BCUT2D eigenvalue weighted by atomic mass is 10.2. The maximum atomic E-state index is 12.6. The van der Waals surface area contributed by atoms with E-state index in [1.54, 1.807) is 24.3 Å². The zero-order valence-electron chi connectivity index (χ0n) is 15.5. The summed E-state index contributed by atoms with van der Waals surface area (Å²) in [5.41, 5.74) is 1.40. The lowest BCUT2D eigenvalue weighted by molar-refractivity contribution is 0.0975. The summed E-state index contributed by atoms with van der Waals surface area (Å²) in [5.74, 6) is 0.923. The third kappa shape index (κ3) is 5.82. The van der Waals surface area contributed by atoms with E-state index < -0.39 is 0 Å². The molecule has 1 fully saturated rings. The Morgan fingerprint density at radius 2 is 1.96 bits per heavy atom. The summed E-state index contributed by atoms with van der Waals surface area (Å²) in [7, 11) is 0. The maximum Gasteiger partial charge on any atom is 0.257 e. The molecule has 1 amide bonds. The minimum atomic E-state index is -0.229. The zero-order valence-corrected chi connectivity index (χ0v) is 15.5. The molecule has 0 spiro atoms. The van der Waals surface area contributed by atoms with Crippen LogP contribution in [0.3, 0.4) is 0 Å². The van der Waals surface area contributed by atoms with E-state index in [1.807, 2.05) is 37.3 Å². The van der Waals surface area contributed by atoms with Crippen molar-refractivity contribution >= 4 is 17.6 Å². The molecular formula is C21H25N3O3. The minimum absolute atomic E-state index is 0.111. The van der Waals surface area contributed by atoms with Crippen LogP contribution in [-0.4, -0.2) is 37.7 Å². The van der Waals surface area contributed by atoms with Crippen molar-refractivity contribution in [1.29, 1.82) is 0 Å². The molecule has 2 aromatic rings. The molecule has 3 rings (SSSR count). The molecule has 1 aliphatic rings. The van der Waals surface area contributed by atoms with E-state index in [0.717, 1.165) is 30.9 Å². The van der Waals surface area contributed by atoms with Crippen LogP contribution in [0.25, 0.3) is 0 Å². The fourth-order valence-electron chi connectivity index (χ4n) is 2.80. The summed E-state index contributed by atoms with van der Waals surface area (Å²) < 4.78 is 11.0. The van der Waals surface area contributed by atoms with Gasteiger partial charge in [-0.2, -0.15) is 0 Å². The van der Waals surface area contributed by atoms with Crippen LogP contribution >= 0.6 is 0 Å². The molecule has 142 valence electrons. The van der Waals surface area contributed by atoms with Crippen LogP contribution in [0.1, 0.15) is 30.1 Å². The van der Waals surface area contributed by atoms with Crippen molar-refractivity contribution in [3.63, 3.8) is 0 Å². The summed E-state index contributed by atoms with van der Waals surface area (Å²) >= 11 is 0. The summed E-state index contributed by atoms with van der Waals surface area (Å²) in [4.78, 5) is 17.1. The van der Waals surface area contributed by atoms with Crippen LogP contribution in [0.4, 0.5) is 5.69 Å². The monoisotopic (exact) mass is 367 g/mol. The number of anilines is 1. The highest BCUT2D eigenvalue weighted by atomic mass is 16.5. The van der Waals surface area contributed by atoms with Crippen molar-refractivity contribution in [2.45, 2.75) is 25.9 Å². The number of aliphatic imine (C=N–C) groups is 1. The summed E-state index contributed by atoms with van der Waals surface area (Å²) in [5, 5.41) is 6.03. The van der Waals surface area contributed by atoms with Gasteiger partial charge in [-0.3, -0.25) is 10.1 Å². The Bertz CT molecular complexity index is 754. The molecule has 6 heteroatoms. The highest BCUT2D eigenvalue weighted by Crippen LogP contribution is 2.14. The normalized spacial score (nSPS) is 16.8. The van der Waals surface area contributed by atoms with Crippen molar-refractivity contribution in [2.75, 3.05) is 25.1 Å². The van der Waals surface area contributed by atoms with Crippen LogP contribution in [0, 0.1) is 0 Å². The average Bonchev–Trinajstić information content (AvgIpc) is 3.21. The van der Waals surface area contributed by atoms with Crippen molar-refractivity contribution in [3.05, 3.63) is 60.2 Å². The van der Waals surface area contributed by atoms with Gasteiger partial charge in [0.1, 0.15) is 5.75 Å². The van der Waals surface area contributed by atoms with Crippen LogP contribution in [0.15, 0.2) is 59.6 Å². The van der Waals surface area contributed by atoms with Crippen LogP contribution in [0.5, 0.6) is 5.75 Å². The number of hydrogen-bond donors (Lipinski definition) is 2. The number of nitrogens with one attached hydrogen (secondary N) is 2. The molecule has 1 aliphatic heterocycles. The van der Waals surface area contributed by atoms with Crippen LogP contribution in [0.2, 0.25) is 0 Å². The fourth-order valence-corrected chi connectivity index (χ4v) is 2.80. The number of para-hydroxylation sites is 1. The van der Waals surface area contributed by atoms with Gasteiger partial charge in [-0.25, -0.2) is 4.99 Å². The molecule has 0 aromatic heterocycles. The largest absolute Gasteiger partial charge is 0.494 e. The maximum absolute atomic E-state index is 12.6. The van der Waals surface area contributed by atoms with Gasteiger partial charge in [0, 0.05) is 17.9 Å². The Morgan fingerprint density at radius 3 is 2.63 bits per heavy atom. The predicted molar refractivity (Wildman–Crippen MR) is 106 cm³/mol. The topological polar surface area (TPSA) is 72.0 Å². The van der Waals surface area contributed by atoms with E-state index >= 15 is 0 Å². The SMILES string of the molecule is CCOc1ccc(C(=O)NC(=NCC2CCCO2)Nc2ccccc2)cc1. The molecule has 1 unspecified atom stereocenters. The Labute approximate surface area is 159 Å². The Hall–Kier alpha value is -2.86. The van der Waals surface area contributed by atoms with Gasteiger partial charge in [0.25, 0.3) is 5.91 Å². The Morgan fingerprint density at radius 1 is 1.19 bits per heavy atom. The number of benzene rings is 2. The van der Waals surface area contributed by atoms with E-state index in [1.165, 1.54) is 0 Å². The van der Waals surface area contributed by atoms with E-state index in [-0.39, 0.29) is 12.0 Å². The van der Waals surface area contributed by atoms with Crippen molar-refractivity contribution in [3.8, 4) is 5.75 Å². The van der Waals surface area contributed by atoms with Gasteiger partial charge >= 0.3 is 0 Å². The number of nitrogens with zero attached hydrogens (tertiary/aromatic N) is 1. The Balaban J connectivity index is 1.68. The van der Waals surface area contributed by atoms with Crippen LogP contribution in [-0.2, 0) is 4.74 Å². The molecule has 6 nitrogen and oxygen atoms in total. The molecule has 2 N–H and O–H groups in total. The first-order valence-electron chi connectivity index (χ1n) is 9.27. The average molecular weight is 367 g/mol. The van der Waals surface area contributed by atoms with Gasteiger partial charge in [0.15, 0.2) is 0 Å². The number of amides is 1. The number of carbonyl (C=O) groups excluding carboxylic acids is 1. The first-order chi connectivity index (χ1) is 13.2. The minimum Gasteiger partial charge on any atom is -0.494 e. The van der Waals surface area contributed by atoms with Gasteiger partial charge in [0.2, 0.25) is 5.96 Å². The van der Waals surface area contributed by atoms with E-state index in [4.69, 9.17) is 9.47 Å². The zero-order chi connectivity index (χ0) is 18.9. The highest BCUT2D eigenvalue weighted by molar-refractivity contribution is 6.10. The highest BCUT2D eigenvalue weighted by Gasteiger charge is 2.16. The summed E-state index contributed by atoms with van der Waals surface area (Å²) in [6.07, 6.45) is 2.16. The first kappa shape index (κ1) is 18.9. The van der Waals surface area contributed by atoms with Gasteiger partial charge in [-0.1, -0.05) is 18.2 Å². The first-order valence-corrected chi connectivity index (χ1v) is 9.27. The third-order valence-electron chi connectivity index (χ3n) is 4.17. The molecule has 0 bridgehead atoms. The molecule has 2 aromatic carbocycles. The summed E-state index contributed by atoms with van der Waals surface area (Å²) in [6, 6.07) is 16.7. The van der Waals surface area contributed by atoms with E-state index in [9.17, 15) is 4.79 Å².